The number of benzene rings is 2. The predicted octanol–water partition coefficient (Wildman–Crippen LogP) is 3.96. The van der Waals surface area contributed by atoms with Gasteiger partial charge in [-0.1, -0.05) is 36.4 Å². The smallest absolute Gasteiger partial charge is 0.246 e. The number of nitrogens with zero attached hydrogens (tertiary/aromatic N) is 3. The van der Waals surface area contributed by atoms with E-state index in [2.05, 4.69) is 36.1 Å². The van der Waals surface area contributed by atoms with Crippen molar-refractivity contribution in [1.29, 1.82) is 0 Å². The van der Waals surface area contributed by atoms with E-state index in [0.29, 0.717) is 0 Å². The van der Waals surface area contributed by atoms with Crippen LogP contribution in [0.15, 0.2) is 54.6 Å². The number of rotatable bonds is 4. The van der Waals surface area contributed by atoms with Gasteiger partial charge in [-0.15, -0.1) is 11.3 Å². The Morgan fingerprint density at radius 2 is 1.81 bits per heavy atom. The molecule has 0 N–H and O–H groups in total. The highest BCUT2D eigenvalue weighted by atomic mass is 32.1. The Balaban J connectivity index is 1.31. The van der Waals surface area contributed by atoms with Crippen LogP contribution < -0.4 is 0 Å². The van der Waals surface area contributed by atoms with E-state index in [4.69, 9.17) is 4.98 Å². The maximum atomic E-state index is 12.5. The van der Waals surface area contributed by atoms with Crippen LogP contribution in [0, 0.1) is 6.92 Å². The molecule has 4 nitrogen and oxygen atoms in total. The standard InChI is InChI=1S/C22H23N3OS/c1-17-6-2-3-7-18(17)10-11-22(26)25-14-12-24(13-15-25)16-21-23-19-8-4-5-9-20(19)27-21/h2-11H,12-16H2,1H3. The molecule has 4 rings (SSSR count). The number of piperazine rings is 1. The summed E-state index contributed by atoms with van der Waals surface area (Å²) < 4.78 is 1.24. The van der Waals surface area contributed by atoms with E-state index in [9.17, 15) is 4.79 Å². The lowest BCUT2D eigenvalue weighted by Crippen LogP contribution is -2.47. The Labute approximate surface area is 163 Å². The molecule has 0 saturated carbocycles. The molecule has 1 saturated heterocycles. The summed E-state index contributed by atoms with van der Waals surface area (Å²) in [5, 5.41) is 1.15. The minimum Gasteiger partial charge on any atom is -0.337 e. The van der Waals surface area contributed by atoms with Gasteiger partial charge in [-0.05, 0) is 36.3 Å². The van der Waals surface area contributed by atoms with Crippen LogP contribution in [0.4, 0.5) is 0 Å². The normalized spacial score (nSPS) is 15.7. The van der Waals surface area contributed by atoms with Crippen LogP contribution in [0.1, 0.15) is 16.1 Å². The number of aryl methyl sites for hydroxylation is 1. The van der Waals surface area contributed by atoms with Gasteiger partial charge in [0.2, 0.25) is 5.91 Å². The van der Waals surface area contributed by atoms with Crippen molar-refractivity contribution in [3.8, 4) is 0 Å². The minimum absolute atomic E-state index is 0.0953. The summed E-state index contributed by atoms with van der Waals surface area (Å²) in [6.07, 6.45) is 3.62. The Kier molecular flexibility index (Phi) is 5.32. The number of para-hydroxylation sites is 1. The summed E-state index contributed by atoms with van der Waals surface area (Å²) in [7, 11) is 0. The molecular weight excluding hydrogens is 354 g/mol. The van der Waals surface area contributed by atoms with Crippen molar-refractivity contribution in [2.45, 2.75) is 13.5 Å². The van der Waals surface area contributed by atoms with Gasteiger partial charge in [0.05, 0.1) is 16.8 Å². The van der Waals surface area contributed by atoms with Gasteiger partial charge in [-0.2, -0.15) is 0 Å². The van der Waals surface area contributed by atoms with Crippen molar-refractivity contribution in [3.05, 3.63) is 70.7 Å². The van der Waals surface area contributed by atoms with Gasteiger partial charge in [0.25, 0.3) is 0 Å². The van der Waals surface area contributed by atoms with E-state index < -0.39 is 0 Å². The quantitative estimate of drug-likeness (QED) is 0.646. The highest BCUT2D eigenvalue weighted by molar-refractivity contribution is 7.18. The molecule has 27 heavy (non-hydrogen) atoms. The van der Waals surface area contributed by atoms with Crippen molar-refractivity contribution in [1.82, 2.24) is 14.8 Å². The number of carbonyl (C=O) groups excluding carboxylic acids is 1. The number of amides is 1. The molecule has 1 fully saturated rings. The van der Waals surface area contributed by atoms with E-state index in [0.717, 1.165) is 48.8 Å². The first-order chi connectivity index (χ1) is 13.2. The Morgan fingerprint density at radius 3 is 2.59 bits per heavy atom. The molecule has 0 spiro atoms. The first-order valence-electron chi connectivity index (χ1n) is 9.28. The Morgan fingerprint density at radius 1 is 1.07 bits per heavy atom. The number of thiazole rings is 1. The first-order valence-corrected chi connectivity index (χ1v) is 10.1. The maximum Gasteiger partial charge on any atom is 0.246 e. The number of fused-ring (bicyclic) bond motifs is 1. The van der Waals surface area contributed by atoms with E-state index in [-0.39, 0.29) is 5.91 Å². The molecule has 1 aliphatic heterocycles. The third kappa shape index (κ3) is 4.26. The van der Waals surface area contributed by atoms with Crippen LogP contribution in [0.5, 0.6) is 0 Å². The van der Waals surface area contributed by atoms with Gasteiger partial charge in [0.1, 0.15) is 5.01 Å². The first kappa shape index (κ1) is 17.9. The van der Waals surface area contributed by atoms with Crippen LogP contribution in [0.2, 0.25) is 0 Å². The van der Waals surface area contributed by atoms with Crippen molar-refractivity contribution in [2.24, 2.45) is 0 Å². The number of carbonyl (C=O) groups is 1. The summed E-state index contributed by atoms with van der Waals surface area (Å²) in [5.41, 5.74) is 3.36. The molecule has 2 aromatic carbocycles. The lowest BCUT2D eigenvalue weighted by molar-refractivity contribution is -0.127. The second-order valence-electron chi connectivity index (χ2n) is 6.87. The number of aromatic nitrogens is 1. The fourth-order valence-electron chi connectivity index (χ4n) is 3.35. The molecule has 1 aromatic heterocycles. The molecule has 0 unspecified atom stereocenters. The third-order valence-electron chi connectivity index (χ3n) is 4.97. The zero-order valence-electron chi connectivity index (χ0n) is 15.5. The monoisotopic (exact) mass is 377 g/mol. The molecule has 5 heteroatoms. The van der Waals surface area contributed by atoms with Crippen LogP contribution in [0.3, 0.4) is 0 Å². The molecule has 3 aromatic rings. The molecule has 1 amide bonds. The van der Waals surface area contributed by atoms with Crippen molar-refractivity contribution < 1.29 is 4.79 Å². The van der Waals surface area contributed by atoms with Crippen molar-refractivity contribution in [2.75, 3.05) is 26.2 Å². The number of hydrogen-bond acceptors (Lipinski definition) is 4. The topological polar surface area (TPSA) is 36.4 Å². The Bertz CT molecular complexity index is 937. The summed E-state index contributed by atoms with van der Waals surface area (Å²) in [6, 6.07) is 16.4. The molecular formula is C22H23N3OS. The summed E-state index contributed by atoms with van der Waals surface area (Å²) >= 11 is 1.76. The summed E-state index contributed by atoms with van der Waals surface area (Å²) in [6.45, 7) is 6.23. The van der Waals surface area contributed by atoms with Crippen LogP contribution >= 0.6 is 11.3 Å². The van der Waals surface area contributed by atoms with Crippen molar-refractivity contribution >= 4 is 33.5 Å². The highest BCUT2D eigenvalue weighted by Gasteiger charge is 2.20. The van der Waals surface area contributed by atoms with E-state index in [1.54, 1.807) is 17.4 Å². The molecule has 0 bridgehead atoms. The SMILES string of the molecule is Cc1ccccc1C=CC(=O)N1CCN(Cc2nc3ccccc3s2)CC1. The number of hydrogen-bond donors (Lipinski definition) is 0. The van der Waals surface area contributed by atoms with Crippen molar-refractivity contribution in [3.63, 3.8) is 0 Å². The largest absolute Gasteiger partial charge is 0.337 e. The lowest BCUT2D eigenvalue weighted by Gasteiger charge is -2.33. The fraction of sp³-hybridized carbons (Fsp3) is 0.273. The fourth-order valence-corrected chi connectivity index (χ4v) is 4.36. The molecule has 138 valence electrons. The highest BCUT2D eigenvalue weighted by Crippen LogP contribution is 2.23. The molecule has 2 heterocycles. The summed E-state index contributed by atoms with van der Waals surface area (Å²) in [5.74, 6) is 0.0953. The minimum atomic E-state index is 0.0953. The average molecular weight is 378 g/mol. The third-order valence-corrected chi connectivity index (χ3v) is 6.00. The van der Waals surface area contributed by atoms with Gasteiger partial charge in [-0.3, -0.25) is 9.69 Å². The molecule has 1 aliphatic rings. The molecule has 0 radical (unpaired) electrons. The Hall–Kier alpha value is -2.50. The average Bonchev–Trinajstić information content (AvgIpc) is 3.10. The second-order valence-corrected chi connectivity index (χ2v) is 7.98. The van der Waals surface area contributed by atoms with Crippen LogP contribution in [-0.4, -0.2) is 46.9 Å². The van der Waals surface area contributed by atoms with E-state index >= 15 is 0 Å². The van der Waals surface area contributed by atoms with Gasteiger partial charge in [0, 0.05) is 32.3 Å². The van der Waals surface area contributed by atoms with E-state index in [1.807, 2.05) is 35.2 Å². The van der Waals surface area contributed by atoms with Gasteiger partial charge in [0.15, 0.2) is 0 Å². The lowest BCUT2D eigenvalue weighted by atomic mass is 10.1. The van der Waals surface area contributed by atoms with Crippen LogP contribution in [-0.2, 0) is 11.3 Å². The van der Waals surface area contributed by atoms with Crippen LogP contribution in [0.25, 0.3) is 16.3 Å². The van der Waals surface area contributed by atoms with E-state index in [1.165, 1.54) is 10.3 Å². The predicted molar refractivity (Wildman–Crippen MR) is 112 cm³/mol. The van der Waals surface area contributed by atoms with Gasteiger partial charge in [-0.25, -0.2) is 4.98 Å². The van der Waals surface area contributed by atoms with Gasteiger partial charge < -0.3 is 4.90 Å². The molecule has 0 aliphatic carbocycles. The zero-order valence-corrected chi connectivity index (χ0v) is 16.3. The zero-order chi connectivity index (χ0) is 18.6. The summed E-state index contributed by atoms with van der Waals surface area (Å²) in [4.78, 5) is 21.5. The second kappa shape index (κ2) is 8.03. The molecule has 0 atom stereocenters. The van der Waals surface area contributed by atoms with Gasteiger partial charge >= 0.3 is 0 Å². The maximum absolute atomic E-state index is 12.5.